The van der Waals surface area contributed by atoms with Gasteiger partial charge in [-0.1, -0.05) is 0 Å². The fourth-order valence-corrected chi connectivity index (χ4v) is 0.435. The van der Waals surface area contributed by atoms with Gasteiger partial charge in [0.15, 0.2) is 0 Å². The Morgan fingerprint density at radius 2 is 2.00 bits per heavy atom. The molecule has 0 N–H and O–H groups in total. The van der Waals surface area contributed by atoms with Gasteiger partial charge in [-0.25, -0.2) is 0 Å². The molecule has 0 atom stereocenters. The number of halogens is 1. The Morgan fingerprint density at radius 1 is 1.50 bits per heavy atom. The molecule has 0 amide bonds. The van der Waals surface area contributed by atoms with E-state index in [1.54, 1.807) is 6.92 Å². The predicted octanol–water partition coefficient (Wildman–Crippen LogP) is -2.29. The van der Waals surface area contributed by atoms with Crippen molar-refractivity contribution in [2.75, 3.05) is 6.61 Å². The van der Waals surface area contributed by atoms with Crippen molar-refractivity contribution in [1.82, 2.24) is 0 Å². The van der Waals surface area contributed by atoms with Crippen molar-refractivity contribution in [3.05, 3.63) is 0 Å². The smallest absolute Gasteiger partial charge is 0.466 e. The maximum absolute atomic E-state index is 10.3. The number of esters is 1. The van der Waals surface area contributed by atoms with Crippen LogP contribution in [0.3, 0.4) is 0 Å². The second-order valence-electron chi connectivity index (χ2n) is 1.34. The van der Waals surface area contributed by atoms with Crippen LogP contribution in [0.25, 0.3) is 0 Å². The Balaban J connectivity index is 0. The summed E-state index contributed by atoms with van der Waals surface area (Å²) in [6, 6.07) is 0. The van der Waals surface area contributed by atoms with Gasteiger partial charge in [-0.3, -0.25) is 9.59 Å². The van der Waals surface area contributed by atoms with Crippen LogP contribution in [0.5, 0.6) is 0 Å². The number of carbonyl (C=O) groups excluding carboxylic acids is 2. The molecule has 0 saturated heterocycles. The molecule has 0 aliphatic carbocycles. The van der Waals surface area contributed by atoms with Crippen molar-refractivity contribution >= 4 is 22.8 Å². The van der Waals surface area contributed by atoms with E-state index in [2.05, 4.69) is 4.74 Å². The van der Waals surface area contributed by atoms with E-state index >= 15 is 0 Å². The molecule has 0 fully saturated rings. The van der Waals surface area contributed by atoms with Crippen LogP contribution in [0.1, 0.15) is 13.3 Å². The maximum Gasteiger partial charge on any atom is 1.00 e. The molecule has 0 aliphatic heterocycles. The number of rotatable bonds is 3. The summed E-state index contributed by atoms with van der Waals surface area (Å²) in [7, 11) is 0. The molecule has 0 saturated carbocycles. The quantitative estimate of drug-likeness (QED) is 0.217. The maximum atomic E-state index is 10.3. The van der Waals surface area contributed by atoms with Gasteiger partial charge in [0.25, 0.3) is 0 Å². The average Bonchev–Trinajstić information content (AvgIpc) is 1.63. The fraction of sp³-hybridized carbons (Fsp3) is 0.600. The molecule has 0 aromatic rings. The van der Waals surface area contributed by atoms with E-state index in [9.17, 15) is 9.59 Å². The van der Waals surface area contributed by atoms with Crippen molar-refractivity contribution in [1.29, 1.82) is 0 Å². The van der Waals surface area contributed by atoms with Crippen molar-refractivity contribution in [2.24, 2.45) is 0 Å². The molecule has 0 radical (unpaired) electrons. The van der Waals surface area contributed by atoms with Crippen LogP contribution >= 0.6 is 11.6 Å². The van der Waals surface area contributed by atoms with E-state index in [0.29, 0.717) is 0 Å². The number of ether oxygens (including phenoxy) is 1. The molecule has 5 heteroatoms. The molecule has 0 bridgehead atoms. The normalized spacial score (nSPS) is 7.80. The number of carbonyl (C=O) groups is 2. The first kappa shape index (κ1) is 13.6. The third-order valence-electron chi connectivity index (χ3n) is 0.589. The number of hydrogen-bond donors (Lipinski definition) is 0. The third-order valence-corrected chi connectivity index (χ3v) is 0.722. The molecular formula is C5H7ClKO3+. The zero-order valence-corrected chi connectivity index (χ0v) is 9.90. The summed E-state index contributed by atoms with van der Waals surface area (Å²) in [4.78, 5) is 20.3. The van der Waals surface area contributed by atoms with Gasteiger partial charge in [0, 0.05) is 0 Å². The summed E-state index contributed by atoms with van der Waals surface area (Å²) in [5, 5.41) is -0.687. The predicted molar refractivity (Wildman–Crippen MR) is 32.1 cm³/mol. The van der Waals surface area contributed by atoms with E-state index in [4.69, 9.17) is 11.6 Å². The average molecular weight is 190 g/mol. The molecular weight excluding hydrogens is 183 g/mol. The molecule has 0 heterocycles. The van der Waals surface area contributed by atoms with Crippen molar-refractivity contribution in [3.63, 3.8) is 0 Å². The van der Waals surface area contributed by atoms with E-state index in [0.717, 1.165) is 0 Å². The Morgan fingerprint density at radius 3 is 2.30 bits per heavy atom. The Bertz CT molecular complexity index is 126. The molecule has 0 spiro atoms. The van der Waals surface area contributed by atoms with Crippen molar-refractivity contribution < 1.29 is 65.7 Å². The molecule has 0 aliphatic rings. The minimum absolute atomic E-state index is 0. The molecule has 10 heavy (non-hydrogen) atoms. The second kappa shape index (κ2) is 8.17. The van der Waals surface area contributed by atoms with Crippen LogP contribution in [0.2, 0.25) is 0 Å². The Hall–Kier alpha value is 1.07. The molecule has 52 valence electrons. The fourth-order valence-electron chi connectivity index (χ4n) is 0.325. The van der Waals surface area contributed by atoms with Gasteiger partial charge < -0.3 is 4.74 Å². The molecule has 0 unspecified atom stereocenters. The topological polar surface area (TPSA) is 43.4 Å². The van der Waals surface area contributed by atoms with Gasteiger partial charge in [0.05, 0.1) is 6.61 Å². The van der Waals surface area contributed by atoms with Gasteiger partial charge in [0.2, 0.25) is 5.24 Å². The summed E-state index contributed by atoms with van der Waals surface area (Å²) in [5.74, 6) is -0.572. The van der Waals surface area contributed by atoms with E-state index in [1.807, 2.05) is 0 Å². The molecule has 3 nitrogen and oxygen atoms in total. The van der Waals surface area contributed by atoms with Crippen molar-refractivity contribution in [2.45, 2.75) is 13.3 Å². The van der Waals surface area contributed by atoms with Gasteiger partial charge in [-0.05, 0) is 18.5 Å². The summed E-state index contributed by atoms with van der Waals surface area (Å²) in [5.41, 5.74) is 0. The summed E-state index contributed by atoms with van der Waals surface area (Å²) >= 11 is 4.87. The summed E-state index contributed by atoms with van der Waals surface area (Å²) in [6.07, 6.45) is -0.338. The number of hydrogen-bond acceptors (Lipinski definition) is 3. The van der Waals surface area contributed by atoms with Gasteiger partial charge in [-0.15, -0.1) is 0 Å². The largest absolute Gasteiger partial charge is 1.00 e. The summed E-state index contributed by atoms with van der Waals surface area (Å²) < 4.78 is 4.41. The van der Waals surface area contributed by atoms with Crippen LogP contribution in [0.15, 0.2) is 0 Å². The zero-order chi connectivity index (χ0) is 7.28. The van der Waals surface area contributed by atoms with E-state index < -0.39 is 11.2 Å². The first-order chi connectivity index (χ1) is 4.16. The van der Waals surface area contributed by atoms with E-state index in [-0.39, 0.29) is 64.4 Å². The summed E-state index contributed by atoms with van der Waals surface area (Å²) in [6.45, 7) is 1.94. The molecule has 0 aromatic carbocycles. The SMILES string of the molecule is CCOC(=O)CC(=O)Cl.[K+]. The minimum atomic E-state index is -0.687. The first-order valence-electron chi connectivity index (χ1n) is 2.50. The van der Waals surface area contributed by atoms with Gasteiger partial charge in [0.1, 0.15) is 6.42 Å². The van der Waals surface area contributed by atoms with Crippen LogP contribution in [0.4, 0.5) is 0 Å². The van der Waals surface area contributed by atoms with Gasteiger partial charge in [-0.2, -0.15) is 0 Å². The second-order valence-corrected chi connectivity index (χ2v) is 1.76. The standard InChI is InChI=1S/C5H7ClO3.K/c1-2-9-5(8)3-4(6)7;/h2-3H2,1H3;/q;+1. The van der Waals surface area contributed by atoms with Crippen LogP contribution in [-0.2, 0) is 14.3 Å². The van der Waals surface area contributed by atoms with Crippen LogP contribution in [0, 0.1) is 0 Å². The monoisotopic (exact) mass is 189 g/mol. The van der Waals surface area contributed by atoms with Crippen LogP contribution in [-0.4, -0.2) is 17.8 Å². The third kappa shape index (κ3) is 9.07. The van der Waals surface area contributed by atoms with Gasteiger partial charge >= 0.3 is 57.4 Å². The van der Waals surface area contributed by atoms with E-state index in [1.165, 1.54) is 0 Å². The Labute approximate surface area is 107 Å². The first-order valence-corrected chi connectivity index (χ1v) is 2.88. The Kier molecular flexibility index (Phi) is 11.1. The minimum Gasteiger partial charge on any atom is -0.466 e. The van der Waals surface area contributed by atoms with Crippen LogP contribution < -0.4 is 51.4 Å². The molecule has 0 aromatic heterocycles. The van der Waals surface area contributed by atoms with Crippen molar-refractivity contribution in [3.8, 4) is 0 Å². The molecule has 0 rings (SSSR count). The zero-order valence-electron chi connectivity index (χ0n) is 6.02.